The van der Waals surface area contributed by atoms with Crippen LogP contribution in [-0.2, 0) is 20.0 Å². The fraction of sp³-hybridized carbons (Fsp3) is 0.333. The van der Waals surface area contributed by atoms with Crippen LogP contribution in [0.1, 0.15) is 11.3 Å². The normalized spacial score (nSPS) is 10.7. The Morgan fingerprint density at radius 3 is 2.71 bits per heavy atom. The van der Waals surface area contributed by atoms with Gasteiger partial charge in [-0.25, -0.2) is 0 Å². The Morgan fingerprint density at radius 2 is 2.06 bits per heavy atom. The van der Waals surface area contributed by atoms with Gasteiger partial charge in [0.1, 0.15) is 0 Å². The molecule has 0 radical (unpaired) electrons. The number of rotatable bonds is 5. The first-order valence-electron chi connectivity index (χ1n) is 5.54. The maximum Gasteiger partial charge on any atom is 0.0738 e. The zero-order chi connectivity index (χ0) is 12.1. The summed E-state index contributed by atoms with van der Waals surface area (Å²) in [5.41, 5.74) is 2.37. The van der Waals surface area contributed by atoms with Crippen molar-refractivity contribution >= 4 is 11.6 Å². The summed E-state index contributed by atoms with van der Waals surface area (Å²) in [6.45, 7) is 1.71. The molecule has 0 aliphatic heterocycles. The Kier molecular flexibility index (Phi) is 4.12. The second-order valence-corrected chi connectivity index (χ2v) is 4.34. The summed E-state index contributed by atoms with van der Waals surface area (Å²) < 4.78 is 1.77. The summed E-state index contributed by atoms with van der Waals surface area (Å²) in [5, 5.41) is 11.8. The molecule has 1 heterocycles. The highest BCUT2D eigenvalue weighted by Gasteiger charge is 1.98. The zero-order valence-corrected chi connectivity index (χ0v) is 10.5. The summed E-state index contributed by atoms with van der Waals surface area (Å²) in [7, 11) is 1.89. The molecule has 0 unspecified atom stereocenters. The smallest absolute Gasteiger partial charge is 0.0738 e. The molecule has 2 rings (SSSR count). The molecule has 1 aromatic heterocycles. The topological polar surface area (TPSA) is 42.7 Å². The van der Waals surface area contributed by atoms with Gasteiger partial charge in [0.2, 0.25) is 0 Å². The monoisotopic (exact) mass is 250 g/mol. The fourth-order valence-electron chi connectivity index (χ4n) is 1.57. The van der Waals surface area contributed by atoms with Crippen LogP contribution in [0, 0.1) is 0 Å². The first-order valence-corrected chi connectivity index (χ1v) is 5.92. The van der Waals surface area contributed by atoms with Crippen LogP contribution in [0.3, 0.4) is 0 Å². The van der Waals surface area contributed by atoms with E-state index in [0.29, 0.717) is 0 Å². The van der Waals surface area contributed by atoms with Gasteiger partial charge in [-0.1, -0.05) is 28.9 Å². The summed E-state index contributed by atoms with van der Waals surface area (Å²) in [4.78, 5) is 0. The number of nitrogens with one attached hydrogen (secondary N) is 1. The van der Waals surface area contributed by atoms with Gasteiger partial charge in [0, 0.05) is 18.6 Å². The molecule has 0 spiro atoms. The van der Waals surface area contributed by atoms with Crippen molar-refractivity contribution in [3.8, 4) is 0 Å². The third-order valence-electron chi connectivity index (χ3n) is 2.62. The van der Waals surface area contributed by atoms with Crippen LogP contribution in [-0.4, -0.2) is 21.5 Å². The van der Waals surface area contributed by atoms with Crippen molar-refractivity contribution in [3.63, 3.8) is 0 Å². The Labute approximate surface area is 106 Å². The van der Waals surface area contributed by atoms with Crippen molar-refractivity contribution in [2.75, 3.05) is 6.54 Å². The number of hydrogen-bond donors (Lipinski definition) is 1. The lowest BCUT2D eigenvalue weighted by molar-refractivity contribution is 0.617. The molecule has 0 atom stereocenters. The number of aryl methyl sites for hydroxylation is 1. The molecule has 1 aromatic carbocycles. The standard InChI is InChI=1S/C12H15ClN4/c1-17-12(9-15-16-17)8-14-7-6-10-2-4-11(13)5-3-10/h2-5,9,14H,6-8H2,1H3. The van der Waals surface area contributed by atoms with Gasteiger partial charge in [-0.15, -0.1) is 5.10 Å². The summed E-state index contributed by atoms with van der Waals surface area (Å²) in [6.07, 6.45) is 2.76. The van der Waals surface area contributed by atoms with E-state index in [4.69, 9.17) is 11.6 Å². The zero-order valence-electron chi connectivity index (χ0n) is 9.73. The minimum absolute atomic E-state index is 0.780. The van der Waals surface area contributed by atoms with Gasteiger partial charge in [-0.05, 0) is 30.7 Å². The van der Waals surface area contributed by atoms with Crippen LogP contribution < -0.4 is 5.32 Å². The van der Waals surface area contributed by atoms with Gasteiger partial charge >= 0.3 is 0 Å². The Balaban J connectivity index is 1.73. The Bertz CT molecular complexity index is 464. The molecule has 0 bridgehead atoms. The number of nitrogens with zero attached hydrogens (tertiary/aromatic N) is 3. The minimum atomic E-state index is 0.780. The number of halogens is 1. The number of hydrogen-bond acceptors (Lipinski definition) is 3. The van der Waals surface area contributed by atoms with Gasteiger partial charge < -0.3 is 5.32 Å². The maximum absolute atomic E-state index is 5.83. The van der Waals surface area contributed by atoms with E-state index >= 15 is 0 Å². The fourth-order valence-corrected chi connectivity index (χ4v) is 1.70. The van der Waals surface area contributed by atoms with Crippen LogP contribution in [0.15, 0.2) is 30.5 Å². The summed E-state index contributed by atoms with van der Waals surface area (Å²) in [6, 6.07) is 7.94. The molecule has 5 heteroatoms. The van der Waals surface area contributed by atoms with E-state index < -0.39 is 0 Å². The maximum atomic E-state index is 5.83. The van der Waals surface area contributed by atoms with Gasteiger partial charge in [0.15, 0.2) is 0 Å². The lowest BCUT2D eigenvalue weighted by Gasteiger charge is -2.04. The van der Waals surface area contributed by atoms with E-state index in [0.717, 1.165) is 30.2 Å². The number of benzene rings is 1. The van der Waals surface area contributed by atoms with Gasteiger partial charge in [0.05, 0.1) is 11.9 Å². The molecule has 0 saturated carbocycles. The first kappa shape index (κ1) is 12.1. The predicted octanol–water partition coefficient (Wildman–Crippen LogP) is 1.80. The predicted molar refractivity (Wildman–Crippen MR) is 67.9 cm³/mol. The van der Waals surface area contributed by atoms with Crippen LogP contribution in [0.5, 0.6) is 0 Å². The molecular formula is C12H15ClN4. The molecule has 90 valence electrons. The molecule has 0 saturated heterocycles. The van der Waals surface area contributed by atoms with Gasteiger partial charge in [-0.3, -0.25) is 4.68 Å². The van der Waals surface area contributed by atoms with Crippen molar-refractivity contribution in [1.29, 1.82) is 0 Å². The van der Waals surface area contributed by atoms with Crippen molar-refractivity contribution in [2.45, 2.75) is 13.0 Å². The van der Waals surface area contributed by atoms with E-state index in [9.17, 15) is 0 Å². The molecule has 17 heavy (non-hydrogen) atoms. The second-order valence-electron chi connectivity index (χ2n) is 3.90. The molecule has 0 aliphatic rings. The first-order chi connectivity index (χ1) is 8.25. The van der Waals surface area contributed by atoms with Crippen LogP contribution >= 0.6 is 11.6 Å². The highest BCUT2D eigenvalue weighted by atomic mass is 35.5. The lowest BCUT2D eigenvalue weighted by atomic mass is 10.1. The lowest BCUT2D eigenvalue weighted by Crippen LogP contribution is -2.18. The van der Waals surface area contributed by atoms with Crippen LogP contribution in [0.2, 0.25) is 5.02 Å². The molecule has 2 aromatic rings. The van der Waals surface area contributed by atoms with E-state index in [1.165, 1.54) is 5.56 Å². The van der Waals surface area contributed by atoms with E-state index in [1.54, 1.807) is 10.9 Å². The summed E-state index contributed by atoms with van der Waals surface area (Å²) in [5.74, 6) is 0. The second kappa shape index (κ2) is 5.80. The highest BCUT2D eigenvalue weighted by molar-refractivity contribution is 6.30. The third-order valence-corrected chi connectivity index (χ3v) is 2.87. The van der Waals surface area contributed by atoms with Crippen LogP contribution in [0.25, 0.3) is 0 Å². The Hall–Kier alpha value is -1.39. The van der Waals surface area contributed by atoms with Crippen molar-refractivity contribution < 1.29 is 0 Å². The molecule has 0 amide bonds. The molecular weight excluding hydrogens is 236 g/mol. The van der Waals surface area contributed by atoms with Crippen LogP contribution in [0.4, 0.5) is 0 Å². The SMILES string of the molecule is Cn1nncc1CNCCc1ccc(Cl)cc1. The largest absolute Gasteiger partial charge is 0.311 e. The van der Waals surface area contributed by atoms with Crippen molar-refractivity contribution in [1.82, 2.24) is 20.3 Å². The molecule has 0 aliphatic carbocycles. The average Bonchev–Trinajstić information content (AvgIpc) is 2.73. The molecule has 0 fully saturated rings. The van der Waals surface area contributed by atoms with Crippen molar-refractivity contribution in [2.24, 2.45) is 7.05 Å². The van der Waals surface area contributed by atoms with Gasteiger partial charge in [-0.2, -0.15) is 0 Å². The van der Waals surface area contributed by atoms with E-state index in [1.807, 2.05) is 19.2 Å². The van der Waals surface area contributed by atoms with E-state index in [-0.39, 0.29) is 0 Å². The number of aromatic nitrogens is 3. The average molecular weight is 251 g/mol. The molecule has 4 nitrogen and oxygen atoms in total. The summed E-state index contributed by atoms with van der Waals surface area (Å²) >= 11 is 5.83. The van der Waals surface area contributed by atoms with Gasteiger partial charge in [0.25, 0.3) is 0 Å². The van der Waals surface area contributed by atoms with Crippen molar-refractivity contribution in [3.05, 3.63) is 46.7 Å². The van der Waals surface area contributed by atoms with E-state index in [2.05, 4.69) is 27.8 Å². The minimum Gasteiger partial charge on any atom is -0.311 e. The quantitative estimate of drug-likeness (QED) is 0.823. The molecule has 1 N–H and O–H groups in total. The third kappa shape index (κ3) is 3.54. The highest BCUT2D eigenvalue weighted by Crippen LogP contribution is 2.09. The Morgan fingerprint density at radius 1 is 1.29 bits per heavy atom.